The highest BCUT2D eigenvalue weighted by atomic mass is 35.5. The lowest BCUT2D eigenvalue weighted by atomic mass is 10.1. The first kappa shape index (κ1) is 24.8. The van der Waals surface area contributed by atoms with Crippen molar-refractivity contribution in [1.29, 1.82) is 0 Å². The summed E-state index contributed by atoms with van der Waals surface area (Å²) >= 11 is 5.37. The number of nitrogens with zero attached hydrogens (tertiary/aromatic N) is 1. The van der Waals surface area contributed by atoms with Gasteiger partial charge in [-0.25, -0.2) is 9.78 Å². The zero-order valence-electron chi connectivity index (χ0n) is 15.9. The third-order valence-corrected chi connectivity index (χ3v) is 3.26. The molecular weight excluding hydrogens is 377 g/mol. The van der Waals surface area contributed by atoms with Crippen LogP contribution in [0.15, 0.2) is 18.3 Å². The number of aromatic nitrogens is 1. The minimum atomic E-state index is -0.698. The molecule has 3 N–H and O–H groups in total. The van der Waals surface area contributed by atoms with Gasteiger partial charge in [-0.3, -0.25) is 9.59 Å². The van der Waals surface area contributed by atoms with Gasteiger partial charge in [-0.1, -0.05) is 6.42 Å². The summed E-state index contributed by atoms with van der Waals surface area (Å²) < 4.78 is 17.3. The monoisotopic (exact) mass is 403 g/mol. The molecule has 1 aromatic rings. The van der Waals surface area contributed by atoms with Gasteiger partial charge in [0, 0.05) is 30.8 Å². The Morgan fingerprint density at radius 1 is 1.26 bits per heavy atom. The molecule has 2 amide bonds. The van der Waals surface area contributed by atoms with Crippen LogP contribution in [-0.4, -0.2) is 40.8 Å². The second kappa shape index (κ2) is 13.0. The molecule has 0 unspecified atom stereocenters. The average Bonchev–Trinajstić information content (AvgIpc) is 2.56. The van der Waals surface area contributed by atoms with Crippen molar-refractivity contribution in [3.05, 3.63) is 29.8 Å². The number of primary amides is 1. The molecule has 0 bridgehead atoms. The van der Waals surface area contributed by atoms with Crippen LogP contribution in [0.3, 0.4) is 0 Å². The number of hydrogen-bond acceptors (Lipinski definition) is 5. The maximum absolute atomic E-state index is 12.2. The van der Waals surface area contributed by atoms with Crippen LogP contribution in [-0.2, 0) is 9.53 Å². The molecule has 9 heteroatoms. The number of hydrogen-bond donors (Lipinski definition) is 2. The maximum Gasteiger partial charge on any atom is 0.407 e. The Kier molecular flexibility index (Phi) is 12.0. The lowest BCUT2D eigenvalue weighted by molar-refractivity contribution is -0.116. The minimum absolute atomic E-state index is 0.0757. The number of alkyl carbamates (subject to hydrolysis) is 1. The number of rotatable bonds is 8. The average molecular weight is 404 g/mol. The van der Waals surface area contributed by atoms with Gasteiger partial charge in [0.15, 0.2) is 0 Å². The van der Waals surface area contributed by atoms with E-state index in [2.05, 4.69) is 10.3 Å². The fourth-order valence-corrected chi connectivity index (χ4v) is 1.88. The predicted molar refractivity (Wildman–Crippen MR) is 101 cm³/mol. The largest absolute Gasteiger partial charge is 0.444 e. The van der Waals surface area contributed by atoms with Crippen molar-refractivity contribution in [2.45, 2.75) is 52.1 Å². The number of carbonyl (C=O) groups excluding carboxylic acids is 3. The number of Topliss-reactive ketones (excluding diaryl/α,β-unsaturated/α-hetero) is 1. The molecule has 7 nitrogen and oxygen atoms in total. The van der Waals surface area contributed by atoms with Crippen molar-refractivity contribution < 1.29 is 23.5 Å². The summed E-state index contributed by atoms with van der Waals surface area (Å²) in [5.41, 5.74) is 4.52. The quantitative estimate of drug-likeness (QED) is 0.393. The Labute approximate surface area is 163 Å². The molecule has 0 atom stereocenters. The molecule has 0 radical (unpaired) electrons. The van der Waals surface area contributed by atoms with Crippen LogP contribution >= 0.6 is 11.6 Å². The van der Waals surface area contributed by atoms with Crippen molar-refractivity contribution in [2.24, 2.45) is 5.73 Å². The molecule has 0 spiro atoms. The zero-order valence-corrected chi connectivity index (χ0v) is 16.6. The first-order chi connectivity index (χ1) is 12.5. The Hall–Kier alpha value is -2.22. The van der Waals surface area contributed by atoms with E-state index in [0.29, 0.717) is 13.0 Å². The molecule has 27 heavy (non-hydrogen) atoms. The van der Waals surface area contributed by atoms with Crippen molar-refractivity contribution in [3.8, 4) is 0 Å². The lowest BCUT2D eigenvalue weighted by Gasteiger charge is -2.19. The first-order valence-electron chi connectivity index (χ1n) is 8.51. The van der Waals surface area contributed by atoms with Crippen LogP contribution < -0.4 is 11.1 Å². The van der Waals surface area contributed by atoms with Gasteiger partial charge in [-0.2, -0.15) is 4.39 Å². The normalized spacial score (nSPS) is 10.4. The van der Waals surface area contributed by atoms with E-state index in [9.17, 15) is 18.8 Å². The van der Waals surface area contributed by atoms with Crippen LogP contribution in [0.25, 0.3) is 0 Å². The summed E-state index contributed by atoms with van der Waals surface area (Å²) in [6.07, 6.45) is 3.88. The van der Waals surface area contributed by atoms with E-state index in [0.717, 1.165) is 25.3 Å². The number of carbonyl (C=O) groups is 3. The third-order valence-electron chi connectivity index (χ3n) is 2.96. The highest BCUT2D eigenvalue weighted by Gasteiger charge is 2.15. The number of ketones is 1. The van der Waals surface area contributed by atoms with Crippen molar-refractivity contribution in [3.63, 3.8) is 0 Å². The summed E-state index contributed by atoms with van der Waals surface area (Å²) in [5, 5.41) is 2.67. The van der Waals surface area contributed by atoms with E-state index < -0.39 is 23.5 Å². The summed E-state index contributed by atoms with van der Waals surface area (Å²) in [5.74, 6) is -1.18. The summed E-state index contributed by atoms with van der Waals surface area (Å²) in [4.78, 5) is 35.8. The molecule has 0 aliphatic rings. The fraction of sp³-hybridized carbons (Fsp3) is 0.556. The summed E-state index contributed by atoms with van der Waals surface area (Å²) in [6.45, 7) is 6.04. The van der Waals surface area contributed by atoms with Crippen LogP contribution in [0.5, 0.6) is 0 Å². The van der Waals surface area contributed by atoms with E-state index in [4.69, 9.17) is 22.1 Å². The van der Waals surface area contributed by atoms with Crippen LogP contribution in [0.4, 0.5) is 9.18 Å². The van der Waals surface area contributed by atoms with Crippen LogP contribution in [0.2, 0.25) is 0 Å². The number of nitrogens with one attached hydrogen (secondary N) is 1. The SMILES string of the molecule is CC(C)(C)OC(=O)NCCCCCC(=O)CCl.NC(=O)c1ccnc(F)c1. The number of nitrogens with two attached hydrogens (primary N) is 1. The molecular formula is C18H27ClFN3O4. The van der Waals surface area contributed by atoms with Gasteiger partial charge in [-0.15, -0.1) is 11.6 Å². The topological polar surface area (TPSA) is 111 Å². The Morgan fingerprint density at radius 3 is 2.41 bits per heavy atom. The van der Waals surface area contributed by atoms with Gasteiger partial charge in [-0.05, 0) is 39.7 Å². The van der Waals surface area contributed by atoms with Gasteiger partial charge in [0.05, 0.1) is 5.88 Å². The number of amides is 2. The van der Waals surface area contributed by atoms with E-state index in [1.165, 1.54) is 12.3 Å². The number of pyridine rings is 1. The summed E-state index contributed by atoms with van der Waals surface area (Å²) in [7, 11) is 0. The van der Waals surface area contributed by atoms with Gasteiger partial charge < -0.3 is 15.8 Å². The number of unbranched alkanes of at least 4 members (excludes halogenated alkanes) is 2. The molecule has 0 saturated carbocycles. The second-order valence-electron chi connectivity index (χ2n) is 6.64. The van der Waals surface area contributed by atoms with E-state index in [1.807, 2.05) is 20.8 Å². The van der Waals surface area contributed by atoms with Crippen molar-refractivity contribution in [1.82, 2.24) is 10.3 Å². The van der Waals surface area contributed by atoms with E-state index in [1.54, 1.807) is 0 Å². The summed E-state index contributed by atoms with van der Waals surface area (Å²) in [6, 6.07) is 2.34. The second-order valence-corrected chi connectivity index (χ2v) is 6.91. The van der Waals surface area contributed by atoms with Gasteiger partial charge in [0.25, 0.3) is 0 Å². The predicted octanol–water partition coefficient (Wildman–Crippen LogP) is 3.20. The highest BCUT2D eigenvalue weighted by Crippen LogP contribution is 2.06. The Balaban J connectivity index is 0.000000569. The highest BCUT2D eigenvalue weighted by molar-refractivity contribution is 6.27. The van der Waals surface area contributed by atoms with Gasteiger partial charge >= 0.3 is 6.09 Å². The minimum Gasteiger partial charge on any atom is -0.444 e. The third kappa shape index (κ3) is 14.6. The molecule has 0 aromatic carbocycles. The standard InChI is InChI=1S/C12H22ClNO3.C6H5FN2O/c1-12(2,3)17-11(16)14-8-6-4-5-7-10(15)9-13;7-5-3-4(6(8)10)1-2-9-5/h4-9H2,1-3H3,(H,14,16);1-3H,(H2,8,10). The molecule has 1 heterocycles. The molecule has 1 rings (SSSR count). The van der Waals surface area contributed by atoms with E-state index >= 15 is 0 Å². The fourth-order valence-electron chi connectivity index (χ4n) is 1.75. The molecule has 0 aliphatic carbocycles. The molecule has 0 saturated heterocycles. The van der Waals surface area contributed by atoms with Gasteiger partial charge in [0.2, 0.25) is 11.9 Å². The Bertz CT molecular complexity index is 621. The number of alkyl halides is 1. The zero-order chi connectivity index (χ0) is 20.9. The first-order valence-corrected chi connectivity index (χ1v) is 9.04. The number of ether oxygens (including phenoxy) is 1. The maximum atomic E-state index is 12.2. The van der Waals surface area contributed by atoms with Crippen molar-refractivity contribution >= 4 is 29.4 Å². The number of halogens is 2. The smallest absolute Gasteiger partial charge is 0.407 e. The Morgan fingerprint density at radius 2 is 1.93 bits per heavy atom. The molecule has 1 aromatic heterocycles. The lowest BCUT2D eigenvalue weighted by Crippen LogP contribution is -2.32. The van der Waals surface area contributed by atoms with Gasteiger partial charge in [0.1, 0.15) is 11.4 Å². The molecule has 152 valence electrons. The van der Waals surface area contributed by atoms with E-state index in [-0.39, 0.29) is 17.2 Å². The molecule has 0 fully saturated rings. The van der Waals surface area contributed by atoms with Crippen molar-refractivity contribution in [2.75, 3.05) is 12.4 Å². The van der Waals surface area contributed by atoms with Crippen LogP contribution in [0.1, 0.15) is 56.8 Å². The van der Waals surface area contributed by atoms with Crippen LogP contribution in [0, 0.1) is 5.95 Å². The molecule has 0 aliphatic heterocycles.